The summed E-state index contributed by atoms with van der Waals surface area (Å²) in [5.41, 5.74) is 11.1. The molecule has 0 bridgehead atoms. The molecule has 1 heterocycles. The molecule has 0 aliphatic heterocycles. The highest BCUT2D eigenvalue weighted by atomic mass is 32.2. The number of sulfone groups is 1. The number of hydrogen-bond acceptors (Lipinski definition) is 7. The Labute approximate surface area is 127 Å². The molecule has 8 nitrogen and oxygen atoms in total. The molecule has 0 spiro atoms. The van der Waals surface area contributed by atoms with E-state index in [1.807, 2.05) is 0 Å². The topological polar surface area (TPSA) is 136 Å². The lowest BCUT2D eigenvalue weighted by Gasteiger charge is -2.08. The molecule has 0 aliphatic rings. The van der Waals surface area contributed by atoms with Crippen molar-refractivity contribution in [3.8, 4) is 0 Å². The molecule has 1 rings (SSSR count). The van der Waals surface area contributed by atoms with Gasteiger partial charge in [-0.25, -0.2) is 8.42 Å². The van der Waals surface area contributed by atoms with Gasteiger partial charge >= 0.3 is 0 Å². The first-order chi connectivity index (χ1) is 9.54. The van der Waals surface area contributed by atoms with Crippen molar-refractivity contribution in [3.05, 3.63) is 10.4 Å². The van der Waals surface area contributed by atoms with E-state index in [2.05, 4.69) is 5.32 Å². The molecule has 0 unspecified atom stereocenters. The largest absolute Gasteiger partial charge is 0.397 e. The van der Waals surface area contributed by atoms with Crippen LogP contribution in [0.15, 0.2) is 0 Å². The quantitative estimate of drug-likeness (QED) is 0.647. The van der Waals surface area contributed by atoms with E-state index < -0.39 is 15.7 Å². The maximum Gasteiger partial charge on any atom is 0.265 e. The van der Waals surface area contributed by atoms with E-state index in [0.717, 1.165) is 17.6 Å². The van der Waals surface area contributed by atoms with Crippen LogP contribution in [0.25, 0.3) is 0 Å². The van der Waals surface area contributed by atoms with Crippen LogP contribution in [0.2, 0.25) is 0 Å². The van der Waals surface area contributed by atoms with Crippen molar-refractivity contribution in [1.29, 1.82) is 0 Å². The maximum absolute atomic E-state index is 12.0. The number of nitrogens with one attached hydrogen (secondary N) is 1. The van der Waals surface area contributed by atoms with Crippen molar-refractivity contribution >= 4 is 43.7 Å². The minimum atomic E-state index is -3.14. The molecule has 0 radical (unpaired) electrons. The van der Waals surface area contributed by atoms with E-state index in [9.17, 15) is 18.0 Å². The Kier molecular flexibility index (Phi) is 5.18. The van der Waals surface area contributed by atoms with Crippen LogP contribution in [0.1, 0.15) is 20.0 Å². The average molecular weight is 334 g/mol. The first-order valence-electron chi connectivity index (χ1n) is 5.90. The first-order valence-corrected chi connectivity index (χ1v) is 8.77. The van der Waals surface area contributed by atoms with Gasteiger partial charge in [0.1, 0.15) is 19.7 Å². The molecule has 1 aromatic heterocycles. The van der Waals surface area contributed by atoms with Crippen LogP contribution in [0.3, 0.4) is 0 Å². The van der Waals surface area contributed by atoms with E-state index in [1.54, 1.807) is 14.1 Å². The fraction of sp³-hybridized carbons (Fsp3) is 0.455. The summed E-state index contributed by atoms with van der Waals surface area (Å²) in [6, 6.07) is 0. The van der Waals surface area contributed by atoms with E-state index in [-0.39, 0.29) is 34.3 Å². The van der Waals surface area contributed by atoms with Crippen molar-refractivity contribution in [2.45, 2.75) is 0 Å². The molecule has 0 aliphatic carbocycles. The third kappa shape index (κ3) is 4.33. The van der Waals surface area contributed by atoms with Crippen LogP contribution in [-0.2, 0) is 9.84 Å². The van der Waals surface area contributed by atoms with E-state index in [4.69, 9.17) is 11.5 Å². The number of nitrogens with zero attached hydrogens (tertiary/aromatic N) is 1. The summed E-state index contributed by atoms with van der Waals surface area (Å²) in [5.74, 6) is -1.24. The molecule has 0 fully saturated rings. The average Bonchev–Trinajstić information content (AvgIpc) is 2.63. The number of nitrogen functional groups attached to an aromatic ring is 1. The lowest BCUT2D eigenvalue weighted by molar-refractivity contribution is 0.0833. The molecule has 0 saturated carbocycles. The lowest BCUT2D eigenvalue weighted by atomic mass is 10.2. The number of carbonyl (C=O) groups excluding carboxylic acids is 2. The highest BCUT2D eigenvalue weighted by Gasteiger charge is 2.25. The van der Waals surface area contributed by atoms with Gasteiger partial charge in [0, 0.05) is 26.9 Å². The van der Waals surface area contributed by atoms with Crippen molar-refractivity contribution in [2.24, 2.45) is 5.73 Å². The number of anilines is 2. The Bertz CT molecular complexity index is 664. The predicted octanol–water partition coefficient (Wildman–Crippen LogP) is -0.412. The summed E-state index contributed by atoms with van der Waals surface area (Å²) < 4.78 is 22.2. The summed E-state index contributed by atoms with van der Waals surface area (Å²) in [5, 5.41) is 3.09. The van der Waals surface area contributed by atoms with Crippen molar-refractivity contribution in [1.82, 2.24) is 4.90 Å². The Balaban J connectivity index is 3.11. The zero-order valence-electron chi connectivity index (χ0n) is 12.0. The number of hydrogen-bond donors (Lipinski definition) is 3. The molecule has 21 heavy (non-hydrogen) atoms. The molecule has 0 aromatic carbocycles. The monoisotopic (exact) mass is 334 g/mol. The second-order valence-corrected chi connectivity index (χ2v) is 7.95. The predicted molar refractivity (Wildman–Crippen MR) is 83.5 cm³/mol. The molecular weight excluding hydrogens is 316 g/mol. The number of rotatable bonds is 6. The minimum Gasteiger partial charge on any atom is -0.397 e. The summed E-state index contributed by atoms with van der Waals surface area (Å²) in [7, 11) is -0.0255. The Morgan fingerprint density at radius 1 is 1.33 bits per heavy atom. The first kappa shape index (κ1) is 17.2. The summed E-state index contributed by atoms with van der Waals surface area (Å²) in [6.07, 6.45) is 1.10. The van der Waals surface area contributed by atoms with E-state index >= 15 is 0 Å². The minimum absolute atomic E-state index is 0.00746. The van der Waals surface area contributed by atoms with Crippen LogP contribution >= 0.6 is 11.3 Å². The lowest BCUT2D eigenvalue weighted by Crippen LogP contribution is -2.22. The molecule has 10 heteroatoms. The van der Waals surface area contributed by atoms with Gasteiger partial charge in [-0.15, -0.1) is 11.3 Å². The highest BCUT2D eigenvalue weighted by molar-refractivity contribution is 7.90. The summed E-state index contributed by atoms with van der Waals surface area (Å²) in [4.78, 5) is 25.0. The molecule has 1 aromatic rings. The smallest absolute Gasteiger partial charge is 0.265 e. The van der Waals surface area contributed by atoms with Gasteiger partial charge in [-0.1, -0.05) is 0 Å². The Morgan fingerprint density at radius 2 is 1.90 bits per heavy atom. The van der Waals surface area contributed by atoms with Gasteiger partial charge in [-0.2, -0.15) is 0 Å². The van der Waals surface area contributed by atoms with E-state index in [1.165, 1.54) is 4.90 Å². The molecule has 118 valence electrons. The second kappa shape index (κ2) is 6.31. The van der Waals surface area contributed by atoms with Crippen molar-refractivity contribution in [2.75, 3.05) is 43.7 Å². The van der Waals surface area contributed by atoms with Gasteiger partial charge in [-0.3, -0.25) is 9.59 Å². The van der Waals surface area contributed by atoms with Gasteiger partial charge in [0.2, 0.25) is 0 Å². The van der Waals surface area contributed by atoms with Crippen LogP contribution < -0.4 is 16.8 Å². The zero-order valence-corrected chi connectivity index (χ0v) is 13.6. The number of nitrogens with two attached hydrogens (primary N) is 2. The SMILES string of the molecule is CN(C)C(=O)c1sc(NCCS(C)(=O)=O)c(C(N)=O)c1N. The van der Waals surface area contributed by atoms with Crippen LogP contribution in [0.4, 0.5) is 10.7 Å². The van der Waals surface area contributed by atoms with Gasteiger partial charge in [0.05, 0.1) is 17.0 Å². The number of carbonyl (C=O) groups is 2. The standard InChI is InChI=1S/C11H18N4O4S2/c1-15(2)11(17)8-7(12)6(9(13)16)10(20-8)14-4-5-21(3,18)19/h14H,4-5,12H2,1-3H3,(H2,13,16). The molecule has 0 saturated heterocycles. The molecule has 0 atom stereocenters. The maximum atomic E-state index is 12.0. The van der Waals surface area contributed by atoms with E-state index in [0.29, 0.717) is 5.00 Å². The van der Waals surface area contributed by atoms with Crippen LogP contribution in [-0.4, -0.2) is 57.8 Å². The normalized spacial score (nSPS) is 11.2. The van der Waals surface area contributed by atoms with Crippen molar-refractivity contribution < 1.29 is 18.0 Å². The van der Waals surface area contributed by atoms with Gasteiger partial charge in [-0.05, 0) is 0 Å². The number of thiophene rings is 1. The van der Waals surface area contributed by atoms with Crippen molar-refractivity contribution in [3.63, 3.8) is 0 Å². The molecule has 5 N–H and O–H groups in total. The molecule has 2 amide bonds. The highest BCUT2D eigenvalue weighted by Crippen LogP contribution is 2.35. The fourth-order valence-electron chi connectivity index (χ4n) is 1.52. The Morgan fingerprint density at radius 3 is 2.33 bits per heavy atom. The van der Waals surface area contributed by atoms with Crippen LogP contribution in [0.5, 0.6) is 0 Å². The third-order valence-electron chi connectivity index (χ3n) is 2.55. The molecular formula is C11H18N4O4S2. The number of amides is 2. The van der Waals surface area contributed by atoms with Gasteiger partial charge in [0.15, 0.2) is 0 Å². The summed E-state index contributed by atoms with van der Waals surface area (Å²) >= 11 is 0.978. The summed E-state index contributed by atoms with van der Waals surface area (Å²) in [6.45, 7) is 0.0919. The number of primary amides is 1. The second-order valence-electron chi connectivity index (χ2n) is 4.67. The Hall–Kier alpha value is -1.81. The van der Waals surface area contributed by atoms with Gasteiger partial charge < -0.3 is 21.7 Å². The fourth-order valence-corrected chi connectivity index (χ4v) is 3.17. The van der Waals surface area contributed by atoms with Crippen LogP contribution in [0, 0.1) is 0 Å². The third-order valence-corrected chi connectivity index (χ3v) is 4.65. The van der Waals surface area contributed by atoms with Gasteiger partial charge in [0.25, 0.3) is 11.8 Å². The zero-order chi connectivity index (χ0) is 16.4.